The number of para-hydroxylation sites is 2. The standard InChI is InChI=1S/C22H29N5O/c1-22(2,3)19-12-21(28)27(15-23-19)13-16-8-10-26(11-9-16)14-20-24-17-6-4-5-7-18(17)25-20/h4-7,12,15-16H,8-11,13-14H2,1-3H3,(H,24,25). The van der Waals surface area contributed by atoms with Crippen molar-refractivity contribution in [2.75, 3.05) is 13.1 Å². The van der Waals surface area contributed by atoms with Gasteiger partial charge in [-0.2, -0.15) is 0 Å². The third-order valence-corrected chi connectivity index (χ3v) is 5.62. The van der Waals surface area contributed by atoms with Crippen LogP contribution in [-0.2, 0) is 18.5 Å². The first-order valence-electron chi connectivity index (χ1n) is 10.1. The van der Waals surface area contributed by atoms with Gasteiger partial charge in [-0.1, -0.05) is 32.9 Å². The number of piperidine rings is 1. The number of likely N-dealkylation sites (tertiary alicyclic amines) is 1. The quantitative estimate of drug-likeness (QED) is 0.755. The first kappa shape index (κ1) is 18.9. The zero-order valence-electron chi connectivity index (χ0n) is 17.0. The van der Waals surface area contributed by atoms with Crippen LogP contribution < -0.4 is 5.56 Å². The van der Waals surface area contributed by atoms with Crippen molar-refractivity contribution in [3.63, 3.8) is 0 Å². The molecule has 1 aliphatic rings. The lowest BCUT2D eigenvalue weighted by atomic mass is 9.92. The number of nitrogens with zero attached hydrogens (tertiary/aromatic N) is 4. The van der Waals surface area contributed by atoms with E-state index in [1.54, 1.807) is 17.0 Å². The molecular formula is C22H29N5O. The number of H-pyrrole nitrogens is 1. The molecular weight excluding hydrogens is 350 g/mol. The second-order valence-corrected chi connectivity index (χ2v) is 8.93. The van der Waals surface area contributed by atoms with E-state index < -0.39 is 0 Å². The molecule has 0 spiro atoms. The molecule has 4 rings (SSSR count). The molecule has 1 aliphatic heterocycles. The molecule has 28 heavy (non-hydrogen) atoms. The van der Waals surface area contributed by atoms with Gasteiger partial charge in [0.25, 0.3) is 5.56 Å². The fourth-order valence-electron chi connectivity index (χ4n) is 3.87. The Morgan fingerprint density at radius 1 is 1.18 bits per heavy atom. The lowest BCUT2D eigenvalue weighted by molar-refractivity contribution is 0.163. The van der Waals surface area contributed by atoms with Crippen LogP contribution in [0.4, 0.5) is 0 Å². The van der Waals surface area contributed by atoms with Crippen molar-refractivity contribution in [3.8, 4) is 0 Å². The number of aromatic nitrogens is 4. The Kier molecular flexibility index (Phi) is 5.06. The molecule has 0 amide bonds. The van der Waals surface area contributed by atoms with Crippen molar-refractivity contribution >= 4 is 11.0 Å². The minimum atomic E-state index is -0.0970. The highest BCUT2D eigenvalue weighted by molar-refractivity contribution is 5.74. The van der Waals surface area contributed by atoms with Crippen molar-refractivity contribution in [2.24, 2.45) is 5.92 Å². The average Bonchev–Trinajstić information content (AvgIpc) is 3.06. The molecule has 0 atom stereocenters. The number of benzene rings is 1. The maximum atomic E-state index is 12.5. The van der Waals surface area contributed by atoms with Gasteiger partial charge < -0.3 is 4.98 Å². The molecule has 2 aromatic heterocycles. The van der Waals surface area contributed by atoms with Gasteiger partial charge in [0, 0.05) is 18.0 Å². The number of rotatable bonds is 4. The van der Waals surface area contributed by atoms with Crippen molar-refractivity contribution in [3.05, 3.63) is 58.5 Å². The number of hydrogen-bond acceptors (Lipinski definition) is 4. The Labute approximate surface area is 165 Å². The zero-order chi connectivity index (χ0) is 19.7. The molecule has 3 heterocycles. The van der Waals surface area contributed by atoms with Crippen molar-refractivity contribution in [1.29, 1.82) is 0 Å². The topological polar surface area (TPSA) is 66.8 Å². The molecule has 0 bridgehead atoms. The summed E-state index contributed by atoms with van der Waals surface area (Å²) in [7, 11) is 0. The number of imidazole rings is 1. The summed E-state index contributed by atoms with van der Waals surface area (Å²) in [4.78, 5) is 27.5. The number of hydrogen-bond donors (Lipinski definition) is 1. The van der Waals surface area contributed by atoms with Crippen LogP contribution in [-0.4, -0.2) is 37.5 Å². The first-order chi connectivity index (χ1) is 13.4. The third kappa shape index (κ3) is 4.17. The van der Waals surface area contributed by atoms with Crippen LogP contribution in [0.25, 0.3) is 11.0 Å². The van der Waals surface area contributed by atoms with E-state index in [0.29, 0.717) is 5.92 Å². The molecule has 1 aromatic carbocycles. The molecule has 148 valence electrons. The summed E-state index contributed by atoms with van der Waals surface area (Å²) in [6.07, 6.45) is 3.91. The Morgan fingerprint density at radius 3 is 2.61 bits per heavy atom. The second kappa shape index (κ2) is 7.51. The van der Waals surface area contributed by atoms with Crippen LogP contribution in [0.15, 0.2) is 41.5 Å². The van der Waals surface area contributed by atoms with E-state index in [2.05, 4.69) is 46.7 Å². The maximum absolute atomic E-state index is 12.5. The van der Waals surface area contributed by atoms with Gasteiger partial charge >= 0.3 is 0 Å². The predicted octanol–water partition coefficient (Wildman–Crippen LogP) is 3.33. The van der Waals surface area contributed by atoms with Gasteiger partial charge in [0.05, 0.1) is 29.6 Å². The van der Waals surface area contributed by atoms with E-state index in [0.717, 1.165) is 61.6 Å². The monoisotopic (exact) mass is 379 g/mol. The van der Waals surface area contributed by atoms with E-state index in [9.17, 15) is 4.79 Å². The average molecular weight is 380 g/mol. The van der Waals surface area contributed by atoms with Crippen molar-refractivity contribution in [2.45, 2.75) is 52.1 Å². The molecule has 0 unspecified atom stereocenters. The predicted molar refractivity (Wildman–Crippen MR) is 111 cm³/mol. The molecule has 1 fully saturated rings. The van der Waals surface area contributed by atoms with Gasteiger partial charge in [-0.15, -0.1) is 0 Å². The normalized spacial score (nSPS) is 16.7. The fraction of sp³-hybridized carbons (Fsp3) is 0.500. The van der Waals surface area contributed by atoms with E-state index in [4.69, 9.17) is 0 Å². The molecule has 3 aromatic rings. The van der Waals surface area contributed by atoms with Crippen molar-refractivity contribution in [1.82, 2.24) is 24.4 Å². The molecule has 0 aliphatic carbocycles. The summed E-state index contributed by atoms with van der Waals surface area (Å²) in [6, 6.07) is 9.84. The summed E-state index contributed by atoms with van der Waals surface area (Å²) in [5, 5.41) is 0. The van der Waals surface area contributed by atoms with Gasteiger partial charge in [-0.3, -0.25) is 14.3 Å². The largest absolute Gasteiger partial charge is 0.341 e. The Morgan fingerprint density at radius 2 is 1.93 bits per heavy atom. The van der Waals surface area contributed by atoms with Crippen LogP contribution in [0.3, 0.4) is 0 Å². The number of fused-ring (bicyclic) bond motifs is 1. The van der Waals surface area contributed by atoms with Gasteiger partial charge in [0.1, 0.15) is 5.82 Å². The highest BCUT2D eigenvalue weighted by Crippen LogP contribution is 2.21. The lowest BCUT2D eigenvalue weighted by Crippen LogP contribution is -2.36. The molecule has 6 nitrogen and oxygen atoms in total. The highest BCUT2D eigenvalue weighted by atomic mass is 16.1. The molecule has 1 N–H and O–H groups in total. The molecule has 0 radical (unpaired) electrons. The van der Waals surface area contributed by atoms with Gasteiger partial charge in [-0.25, -0.2) is 9.97 Å². The highest BCUT2D eigenvalue weighted by Gasteiger charge is 2.22. The van der Waals surface area contributed by atoms with E-state index in [1.807, 2.05) is 18.2 Å². The van der Waals surface area contributed by atoms with Gasteiger partial charge in [-0.05, 0) is 44.0 Å². The van der Waals surface area contributed by atoms with E-state index in [-0.39, 0.29) is 11.0 Å². The molecule has 1 saturated heterocycles. The SMILES string of the molecule is CC(C)(C)c1cc(=O)n(CC2CCN(Cc3nc4ccccc4[nH]3)CC2)cn1. The Balaban J connectivity index is 1.33. The second-order valence-electron chi connectivity index (χ2n) is 8.93. The number of aromatic amines is 1. The van der Waals surface area contributed by atoms with Crippen LogP contribution in [0, 0.1) is 5.92 Å². The first-order valence-corrected chi connectivity index (χ1v) is 10.1. The van der Waals surface area contributed by atoms with Crippen LogP contribution in [0.5, 0.6) is 0 Å². The van der Waals surface area contributed by atoms with Crippen molar-refractivity contribution < 1.29 is 0 Å². The summed E-state index contributed by atoms with van der Waals surface area (Å²) in [6.45, 7) is 9.91. The minimum absolute atomic E-state index is 0.0598. The smallest absolute Gasteiger partial charge is 0.253 e. The van der Waals surface area contributed by atoms with Gasteiger partial charge in [0.2, 0.25) is 0 Å². The van der Waals surface area contributed by atoms with E-state index >= 15 is 0 Å². The molecule has 0 saturated carbocycles. The van der Waals surface area contributed by atoms with Crippen LogP contribution >= 0.6 is 0 Å². The van der Waals surface area contributed by atoms with Crippen LogP contribution in [0.2, 0.25) is 0 Å². The van der Waals surface area contributed by atoms with Gasteiger partial charge in [0.15, 0.2) is 0 Å². The fourth-order valence-corrected chi connectivity index (χ4v) is 3.87. The third-order valence-electron chi connectivity index (χ3n) is 5.62. The summed E-state index contributed by atoms with van der Waals surface area (Å²) in [5.41, 5.74) is 2.94. The Bertz CT molecular complexity index is 972. The van der Waals surface area contributed by atoms with E-state index in [1.165, 1.54) is 0 Å². The maximum Gasteiger partial charge on any atom is 0.253 e. The minimum Gasteiger partial charge on any atom is -0.341 e. The lowest BCUT2D eigenvalue weighted by Gasteiger charge is -2.31. The summed E-state index contributed by atoms with van der Waals surface area (Å²) in [5.74, 6) is 1.55. The number of nitrogens with one attached hydrogen (secondary N) is 1. The van der Waals surface area contributed by atoms with Crippen LogP contribution in [0.1, 0.15) is 45.1 Å². The zero-order valence-corrected chi connectivity index (χ0v) is 17.0. The summed E-state index contributed by atoms with van der Waals surface area (Å²) < 4.78 is 1.77. The Hall–Kier alpha value is -2.47. The molecule has 6 heteroatoms. The summed E-state index contributed by atoms with van der Waals surface area (Å²) >= 11 is 0.